The van der Waals surface area contributed by atoms with Crippen LogP contribution in [0.4, 0.5) is 0 Å². The zero-order valence-electron chi connectivity index (χ0n) is 12.1. The molecule has 1 aromatic carbocycles. The van der Waals surface area contributed by atoms with Gasteiger partial charge in [-0.15, -0.1) is 12.4 Å². The van der Waals surface area contributed by atoms with Gasteiger partial charge in [0.2, 0.25) is 0 Å². The molecule has 0 bridgehead atoms. The van der Waals surface area contributed by atoms with E-state index in [-0.39, 0.29) is 12.4 Å². The van der Waals surface area contributed by atoms with E-state index in [9.17, 15) is 0 Å². The van der Waals surface area contributed by atoms with E-state index in [0.29, 0.717) is 6.10 Å². The number of hydrogen-bond donors (Lipinski definition) is 0. The third kappa shape index (κ3) is 3.67. The Morgan fingerprint density at radius 1 is 1.05 bits per heavy atom. The molecule has 0 radical (unpaired) electrons. The zero-order valence-corrected chi connectivity index (χ0v) is 12.9. The second kappa shape index (κ2) is 7.32. The minimum absolute atomic E-state index is 0. The van der Waals surface area contributed by atoms with Gasteiger partial charge in [0.25, 0.3) is 0 Å². The fourth-order valence-electron chi connectivity index (χ4n) is 2.67. The normalized spacial score (nSPS) is 14.5. The van der Waals surface area contributed by atoms with E-state index < -0.39 is 0 Å². The van der Waals surface area contributed by atoms with Crippen LogP contribution in [0.25, 0.3) is 11.1 Å². The SMILES string of the molecule is COc1ccc(-c2cccnc2)cc1OC1CCCC1.Cl. The van der Waals surface area contributed by atoms with E-state index in [1.54, 1.807) is 13.3 Å². The van der Waals surface area contributed by atoms with Gasteiger partial charge < -0.3 is 9.47 Å². The van der Waals surface area contributed by atoms with Crippen LogP contribution in [0.5, 0.6) is 11.5 Å². The highest BCUT2D eigenvalue weighted by molar-refractivity contribution is 5.85. The standard InChI is InChI=1S/C17H19NO2.ClH/c1-19-16-9-8-13(14-5-4-10-18-12-14)11-17(16)20-15-6-2-3-7-15;/h4-5,8-12,15H,2-3,6-7H2,1H3;1H. The smallest absolute Gasteiger partial charge is 0.162 e. The van der Waals surface area contributed by atoms with Crippen LogP contribution in [0.2, 0.25) is 0 Å². The maximum absolute atomic E-state index is 6.11. The molecule has 1 aromatic heterocycles. The predicted molar refractivity (Wildman–Crippen MR) is 86.4 cm³/mol. The minimum atomic E-state index is 0. The zero-order chi connectivity index (χ0) is 13.8. The Bertz CT molecular complexity index is 568. The first-order chi connectivity index (χ1) is 9.86. The summed E-state index contributed by atoms with van der Waals surface area (Å²) in [5, 5.41) is 0. The van der Waals surface area contributed by atoms with Gasteiger partial charge >= 0.3 is 0 Å². The molecule has 0 spiro atoms. The van der Waals surface area contributed by atoms with Gasteiger partial charge in [-0.25, -0.2) is 0 Å². The van der Waals surface area contributed by atoms with Crippen molar-refractivity contribution in [2.75, 3.05) is 7.11 Å². The molecular weight excluding hydrogens is 286 g/mol. The highest BCUT2D eigenvalue weighted by atomic mass is 35.5. The molecule has 0 saturated heterocycles. The Hall–Kier alpha value is -1.74. The van der Waals surface area contributed by atoms with Crippen LogP contribution in [0.1, 0.15) is 25.7 Å². The van der Waals surface area contributed by atoms with Crippen LogP contribution >= 0.6 is 12.4 Å². The highest BCUT2D eigenvalue weighted by Crippen LogP contribution is 2.35. The Morgan fingerprint density at radius 2 is 1.86 bits per heavy atom. The van der Waals surface area contributed by atoms with Crippen LogP contribution in [-0.2, 0) is 0 Å². The second-order valence-corrected chi connectivity index (χ2v) is 5.13. The molecule has 1 aliphatic rings. The predicted octanol–water partition coefficient (Wildman–Crippen LogP) is 4.50. The molecule has 3 nitrogen and oxygen atoms in total. The fourth-order valence-corrected chi connectivity index (χ4v) is 2.67. The lowest BCUT2D eigenvalue weighted by atomic mass is 10.1. The summed E-state index contributed by atoms with van der Waals surface area (Å²) in [6.45, 7) is 0. The van der Waals surface area contributed by atoms with E-state index in [1.165, 1.54) is 12.8 Å². The maximum Gasteiger partial charge on any atom is 0.162 e. The summed E-state index contributed by atoms with van der Waals surface area (Å²) in [7, 11) is 1.68. The first-order valence-corrected chi connectivity index (χ1v) is 7.12. The van der Waals surface area contributed by atoms with Crippen LogP contribution in [0, 0.1) is 0 Å². The summed E-state index contributed by atoms with van der Waals surface area (Å²) in [6, 6.07) is 10.0. The van der Waals surface area contributed by atoms with Crippen molar-refractivity contribution in [2.24, 2.45) is 0 Å². The summed E-state index contributed by atoms with van der Waals surface area (Å²) >= 11 is 0. The molecule has 1 heterocycles. The molecule has 3 rings (SSSR count). The van der Waals surface area contributed by atoms with E-state index in [0.717, 1.165) is 35.5 Å². The van der Waals surface area contributed by atoms with Gasteiger partial charge in [-0.3, -0.25) is 4.98 Å². The minimum Gasteiger partial charge on any atom is -0.493 e. The van der Waals surface area contributed by atoms with E-state index >= 15 is 0 Å². The lowest BCUT2D eigenvalue weighted by Gasteiger charge is -2.16. The van der Waals surface area contributed by atoms with Crippen molar-refractivity contribution >= 4 is 12.4 Å². The van der Waals surface area contributed by atoms with Crippen LogP contribution < -0.4 is 9.47 Å². The molecule has 112 valence electrons. The van der Waals surface area contributed by atoms with E-state index in [4.69, 9.17) is 9.47 Å². The number of methoxy groups -OCH3 is 1. The van der Waals surface area contributed by atoms with Gasteiger partial charge in [-0.05, 0) is 49.4 Å². The number of hydrogen-bond acceptors (Lipinski definition) is 3. The number of aromatic nitrogens is 1. The van der Waals surface area contributed by atoms with Crippen molar-refractivity contribution in [2.45, 2.75) is 31.8 Å². The average Bonchev–Trinajstić information content (AvgIpc) is 3.01. The monoisotopic (exact) mass is 305 g/mol. The van der Waals surface area contributed by atoms with E-state index in [2.05, 4.69) is 4.98 Å². The molecule has 1 fully saturated rings. The lowest BCUT2D eigenvalue weighted by Crippen LogP contribution is -2.11. The third-order valence-corrected chi connectivity index (χ3v) is 3.75. The van der Waals surface area contributed by atoms with Crippen molar-refractivity contribution in [3.8, 4) is 22.6 Å². The van der Waals surface area contributed by atoms with Crippen molar-refractivity contribution in [1.82, 2.24) is 4.98 Å². The van der Waals surface area contributed by atoms with Crippen molar-refractivity contribution in [1.29, 1.82) is 0 Å². The van der Waals surface area contributed by atoms with Gasteiger partial charge in [0.15, 0.2) is 11.5 Å². The van der Waals surface area contributed by atoms with Gasteiger partial charge in [0.1, 0.15) is 0 Å². The quantitative estimate of drug-likeness (QED) is 0.833. The number of ether oxygens (including phenoxy) is 2. The van der Waals surface area contributed by atoms with Crippen molar-refractivity contribution in [3.05, 3.63) is 42.7 Å². The summed E-state index contributed by atoms with van der Waals surface area (Å²) in [6.07, 6.45) is 8.77. The number of halogens is 1. The van der Waals surface area contributed by atoms with Crippen LogP contribution in [0.3, 0.4) is 0 Å². The number of benzene rings is 1. The van der Waals surface area contributed by atoms with Crippen LogP contribution in [-0.4, -0.2) is 18.2 Å². The highest BCUT2D eigenvalue weighted by Gasteiger charge is 2.18. The molecule has 2 aromatic rings. The Morgan fingerprint density at radius 3 is 2.52 bits per heavy atom. The molecule has 1 saturated carbocycles. The van der Waals surface area contributed by atoms with Crippen molar-refractivity contribution < 1.29 is 9.47 Å². The summed E-state index contributed by atoms with van der Waals surface area (Å²) in [4.78, 5) is 4.16. The van der Waals surface area contributed by atoms with Crippen molar-refractivity contribution in [3.63, 3.8) is 0 Å². The average molecular weight is 306 g/mol. The molecule has 0 N–H and O–H groups in total. The van der Waals surface area contributed by atoms with Gasteiger partial charge in [-0.1, -0.05) is 12.1 Å². The molecule has 21 heavy (non-hydrogen) atoms. The molecule has 0 atom stereocenters. The molecule has 1 aliphatic carbocycles. The lowest BCUT2D eigenvalue weighted by molar-refractivity contribution is 0.201. The topological polar surface area (TPSA) is 31.4 Å². The molecule has 0 unspecified atom stereocenters. The van der Waals surface area contributed by atoms with Gasteiger partial charge in [-0.2, -0.15) is 0 Å². The summed E-state index contributed by atoms with van der Waals surface area (Å²) in [5.41, 5.74) is 2.19. The van der Waals surface area contributed by atoms with Crippen LogP contribution in [0.15, 0.2) is 42.7 Å². The van der Waals surface area contributed by atoms with E-state index in [1.807, 2.05) is 36.5 Å². The first-order valence-electron chi connectivity index (χ1n) is 7.12. The first kappa shape index (κ1) is 15.6. The molecule has 0 aliphatic heterocycles. The summed E-state index contributed by atoms with van der Waals surface area (Å²) < 4.78 is 11.5. The number of rotatable bonds is 4. The Kier molecular flexibility index (Phi) is 5.45. The Balaban J connectivity index is 0.00000161. The number of nitrogens with zero attached hydrogens (tertiary/aromatic N) is 1. The third-order valence-electron chi connectivity index (χ3n) is 3.75. The van der Waals surface area contributed by atoms with Gasteiger partial charge in [0.05, 0.1) is 13.2 Å². The maximum atomic E-state index is 6.11. The molecule has 0 amide bonds. The molecule has 4 heteroatoms. The number of pyridine rings is 1. The largest absolute Gasteiger partial charge is 0.493 e. The molecular formula is C17H20ClNO2. The second-order valence-electron chi connectivity index (χ2n) is 5.13. The van der Waals surface area contributed by atoms with Gasteiger partial charge in [0, 0.05) is 18.0 Å². The fraction of sp³-hybridized carbons (Fsp3) is 0.353. The Labute approximate surface area is 131 Å². The summed E-state index contributed by atoms with van der Waals surface area (Å²) in [5.74, 6) is 1.63.